The molecule has 4 aromatic rings. The first-order chi connectivity index (χ1) is 14.0. The van der Waals surface area contributed by atoms with E-state index in [4.69, 9.17) is 5.73 Å². The number of imidazole rings is 1. The maximum atomic E-state index is 12.9. The fourth-order valence-electron chi connectivity index (χ4n) is 3.01. The van der Waals surface area contributed by atoms with Crippen LogP contribution >= 0.6 is 0 Å². The second-order valence-corrected chi connectivity index (χ2v) is 7.28. The number of alkyl halides is 3. The second kappa shape index (κ2) is 6.68. The van der Waals surface area contributed by atoms with Gasteiger partial charge in [0, 0.05) is 18.0 Å². The summed E-state index contributed by atoms with van der Waals surface area (Å²) in [5, 5.41) is 8.10. The summed E-state index contributed by atoms with van der Waals surface area (Å²) in [6.07, 6.45) is -1.72. The molecular formula is C18H18F3N9. The van der Waals surface area contributed by atoms with Crippen LogP contribution in [0.2, 0.25) is 0 Å². The highest BCUT2D eigenvalue weighted by molar-refractivity contribution is 5.83. The van der Waals surface area contributed by atoms with Crippen molar-refractivity contribution in [2.24, 2.45) is 7.05 Å². The predicted molar refractivity (Wildman–Crippen MR) is 104 cm³/mol. The number of fused-ring (bicyclic) bond motifs is 1. The Balaban J connectivity index is 1.66. The molecule has 1 aromatic carbocycles. The number of H-pyrrole nitrogens is 1. The number of aryl methyl sites for hydroxylation is 1. The topological polar surface area (TPSA) is 123 Å². The van der Waals surface area contributed by atoms with E-state index >= 15 is 0 Å². The maximum absolute atomic E-state index is 12.9. The minimum atomic E-state index is -4.57. The van der Waals surface area contributed by atoms with Crippen molar-refractivity contribution in [3.8, 4) is 11.4 Å². The molecule has 0 saturated heterocycles. The molecule has 30 heavy (non-hydrogen) atoms. The Hall–Kier alpha value is -3.70. The Bertz CT molecular complexity index is 1220. The number of nitrogen functional groups attached to an aromatic ring is 1. The monoisotopic (exact) mass is 417 g/mol. The number of hydrogen-bond donors (Lipinski definition) is 3. The van der Waals surface area contributed by atoms with Crippen molar-refractivity contribution in [1.82, 2.24) is 34.7 Å². The van der Waals surface area contributed by atoms with Crippen molar-refractivity contribution in [2.75, 3.05) is 11.1 Å². The zero-order valence-corrected chi connectivity index (χ0v) is 16.3. The normalized spacial score (nSPS) is 12.5. The van der Waals surface area contributed by atoms with Gasteiger partial charge in [0.2, 0.25) is 17.7 Å². The van der Waals surface area contributed by atoms with Gasteiger partial charge in [0.1, 0.15) is 0 Å². The molecule has 0 fully saturated rings. The highest BCUT2D eigenvalue weighted by Gasteiger charge is 2.36. The molecular weight excluding hydrogens is 399 g/mol. The molecule has 4 rings (SSSR count). The van der Waals surface area contributed by atoms with Crippen LogP contribution in [0.4, 0.5) is 25.1 Å². The van der Waals surface area contributed by atoms with Crippen LogP contribution in [0.15, 0.2) is 30.6 Å². The van der Waals surface area contributed by atoms with Gasteiger partial charge in [-0.1, -0.05) is 0 Å². The van der Waals surface area contributed by atoms with Gasteiger partial charge in [0.05, 0.1) is 29.1 Å². The summed E-state index contributed by atoms with van der Waals surface area (Å²) in [4.78, 5) is 18.3. The third kappa shape index (κ3) is 3.63. The first-order valence-electron chi connectivity index (χ1n) is 8.87. The molecule has 0 spiro atoms. The molecule has 9 nitrogen and oxygen atoms in total. The molecule has 0 bridgehead atoms. The van der Waals surface area contributed by atoms with E-state index in [1.54, 1.807) is 24.7 Å². The second-order valence-electron chi connectivity index (χ2n) is 7.28. The lowest BCUT2D eigenvalue weighted by atomic mass is 10.0. The minimum Gasteiger partial charge on any atom is -0.368 e. The summed E-state index contributed by atoms with van der Waals surface area (Å²) in [6.45, 7) is 3.34. The van der Waals surface area contributed by atoms with Crippen LogP contribution in [0.3, 0.4) is 0 Å². The van der Waals surface area contributed by atoms with Gasteiger partial charge in [-0.25, -0.2) is 4.98 Å². The van der Waals surface area contributed by atoms with E-state index in [1.165, 1.54) is 0 Å². The van der Waals surface area contributed by atoms with Gasteiger partial charge >= 0.3 is 6.18 Å². The summed E-state index contributed by atoms with van der Waals surface area (Å²) >= 11 is 0. The van der Waals surface area contributed by atoms with E-state index in [0.717, 1.165) is 17.1 Å². The smallest absolute Gasteiger partial charge is 0.368 e. The predicted octanol–water partition coefficient (Wildman–Crippen LogP) is 3.10. The fraction of sp³-hybridized carbons (Fsp3) is 0.278. The summed E-state index contributed by atoms with van der Waals surface area (Å²) in [5.41, 5.74) is 6.71. The zero-order chi connectivity index (χ0) is 21.7. The summed E-state index contributed by atoms with van der Waals surface area (Å²) in [6, 6.07) is 5.59. The van der Waals surface area contributed by atoms with Crippen molar-refractivity contribution in [1.29, 1.82) is 0 Å². The van der Waals surface area contributed by atoms with Crippen LogP contribution in [-0.4, -0.2) is 34.7 Å². The Morgan fingerprint density at radius 3 is 2.57 bits per heavy atom. The molecule has 0 radical (unpaired) electrons. The van der Waals surface area contributed by atoms with Crippen molar-refractivity contribution in [2.45, 2.75) is 25.6 Å². The highest BCUT2D eigenvalue weighted by Crippen LogP contribution is 2.30. The molecule has 0 aliphatic heterocycles. The van der Waals surface area contributed by atoms with Gasteiger partial charge in [0.25, 0.3) is 0 Å². The van der Waals surface area contributed by atoms with Crippen LogP contribution in [0, 0.1) is 0 Å². The Morgan fingerprint density at radius 2 is 1.87 bits per heavy atom. The molecule has 0 aliphatic carbocycles. The SMILES string of the molecule is Cn1ncc2cc(-c3nc(N)nc(NC(C)(C)c4cnc(C(F)(F)F)[nH]4)n3)ccc21. The summed E-state index contributed by atoms with van der Waals surface area (Å²) in [5.74, 6) is -0.651. The molecule has 4 N–H and O–H groups in total. The Kier molecular flexibility index (Phi) is 4.36. The molecule has 0 unspecified atom stereocenters. The zero-order valence-electron chi connectivity index (χ0n) is 16.3. The van der Waals surface area contributed by atoms with E-state index in [2.05, 4.69) is 35.3 Å². The van der Waals surface area contributed by atoms with Gasteiger partial charge in [-0.3, -0.25) is 4.68 Å². The number of aromatic nitrogens is 7. The van der Waals surface area contributed by atoms with Crippen LogP contribution in [0.1, 0.15) is 25.4 Å². The molecule has 0 saturated carbocycles. The number of nitrogens with one attached hydrogen (secondary N) is 2. The first-order valence-corrected chi connectivity index (χ1v) is 8.87. The molecule has 0 amide bonds. The average molecular weight is 417 g/mol. The number of hydrogen-bond acceptors (Lipinski definition) is 7. The van der Waals surface area contributed by atoms with E-state index in [9.17, 15) is 13.2 Å². The van der Waals surface area contributed by atoms with Crippen LogP contribution < -0.4 is 11.1 Å². The highest BCUT2D eigenvalue weighted by atomic mass is 19.4. The van der Waals surface area contributed by atoms with Crippen molar-refractivity contribution < 1.29 is 13.2 Å². The molecule has 0 aliphatic rings. The van der Waals surface area contributed by atoms with Gasteiger partial charge in [-0.15, -0.1) is 0 Å². The molecule has 156 valence electrons. The largest absolute Gasteiger partial charge is 0.449 e. The molecule has 3 aromatic heterocycles. The van der Waals surface area contributed by atoms with Gasteiger partial charge in [0.15, 0.2) is 5.82 Å². The van der Waals surface area contributed by atoms with Crippen LogP contribution in [0.5, 0.6) is 0 Å². The quantitative estimate of drug-likeness (QED) is 0.466. The van der Waals surface area contributed by atoms with Crippen LogP contribution in [-0.2, 0) is 18.8 Å². The molecule has 0 atom stereocenters. The molecule has 3 heterocycles. The average Bonchev–Trinajstić information content (AvgIpc) is 3.28. The van der Waals surface area contributed by atoms with Crippen LogP contribution in [0.25, 0.3) is 22.3 Å². The maximum Gasteiger partial charge on any atom is 0.449 e. The Morgan fingerprint density at radius 1 is 1.10 bits per heavy atom. The van der Waals surface area contributed by atoms with E-state index < -0.39 is 17.5 Å². The number of nitrogens with two attached hydrogens (primary N) is 1. The van der Waals surface area contributed by atoms with Crippen molar-refractivity contribution in [3.05, 3.63) is 42.1 Å². The van der Waals surface area contributed by atoms with Gasteiger partial charge in [-0.2, -0.15) is 33.2 Å². The van der Waals surface area contributed by atoms with Gasteiger partial charge < -0.3 is 16.0 Å². The lowest BCUT2D eigenvalue weighted by molar-refractivity contribution is -0.144. The lowest BCUT2D eigenvalue weighted by Gasteiger charge is -2.25. The number of nitrogens with zero attached hydrogens (tertiary/aromatic N) is 6. The lowest BCUT2D eigenvalue weighted by Crippen LogP contribution is -2.30. The number of rotatable bonds is 4. The Labute approximate surface area is 168 Å². The minimum absolute atomic E-state index is 0.0230. The number of anilines is 2. The van der Waals surface area contributed by atoms with Gasteiger partial charge in [-0.05, 0) is 32.0 Å². The number of halogens is 3. The van der Waals surface area contributed by atoms with Crippen molar-refractivity contribution in [3.63, 3.8) is 0 Å². The first kappa shape index (κ1) is 19.6. The van der Waals surface area contributed by atoms with Crippen molar-refractivity contribution >= 4 is 22.8 Å². The van der Waals surface area contributed by atoms with E-state index in [1.807, 2.05) is 25.2 Å². The summed E-state index contributed by atoms with van der Waals surface area (Å²) < 4.78 is 40.3. The number of aromatic amines is 1. The summed E-state index contributed by atoms with van der Waals surface area (Å²) in [7, 11) is 1.84. The van der Waals surface area contributed by atoms with E-state index in [0.29, 0.717) is 11.4 Å². The fourth-order valence-corrected chi connectivity index (χ4v) is 3.01. The third-order valence-corrected chi connectivity index (χ3v) is 4.60. The van der Waals surface area contributed by atoms with E-state index in [-0.39, 0.29) is 17.6 Å². The third-order valence-electron chi connectivity index (χ3n) is 4.60. The number of benzene rings is 1. The standard InChI is InChI=1S/C18H18F3N9/c1-17(2,12-8-23-14(25-12)18(19,20)21)29-16-27-13(26-15(22)28-16)9-4-5-11-10(6-9)7-24-30(11)3/h4-8H,1-3H3,(H,23,25)(H3,22,26,27,28,29). The molecule has 12 heteroatoms.